The van der Waals surface area contributed by atoms with Crippen LogP contribution in [-0.2, 0) is 22.7 Å². The summed E-state index contributed by atoms with van der Waals surface area (Å²) in [4.78, 5) is 0. The molecule has 0 aromatic heterocycles. The van der Waals surface area contributed by atoms with Gasteiger partial charge in [0, 0.05) is 11.7 Å². The number of hydrogen-bond donors (Lipinski definition) is 0. The summed E-state index contributed by atoms with van der Waals surface area (Å²) >= 11 is 0. The number of allylic oxidation sites excluding steroid dienone is 1. The molecule has 3 aliphatic heterocycles. The fourth-order valence-electron chi connectivity index (χ4n) is 4.01. The Balaban J connectivity index is 1.95. The summed E-state index contributed by atoms with van der Waals surface area (Å²) in [6.07, 6.45) is 1.62. The van der Waals surface area contributed by atoms with Crippen LogP contribution in [0.1, 0.15) is 55.4 Å². The van der Waals surface area contributed by atoms with Gasteiger partial charge in [-0.15, -0.1) is 0 Å². The van der Waals surface area contributed by atoms with Crippen LogP contribution >= 0.6 is 15.0 Å². The van der Waals surface area contributed by atoms with E-state index in [-0.39, 0.29) is 28.5 Å². The zero-order valence-corrected chi connectivity index (χ0v) is 19.6. The van der Waals surface area contributed by atoms with Crippen LogP contribution in [0.5, 0.6) is 0 Å². The Morgan fingerprint density at radius 2 is 1.52 bits per heavy atom. The molecule has 1 fully saturated rings. The third-order valence-corrected chi connectivity index (χ3v) is 10.5. The highest BCUT2D eigenvalue weighted by molar-refractivity contribution is 7.65. The van der Waals surface area contributed by atoms with Gasteiger partial charge in [0.05, 0.1) is 30.6 Å². The van der Waals surface area contributed by atoms with Crippen LogP contribution in [0.2, 0.25) is 0 Å². The average Bonchev–Trinajstić information content (AvgIpc) is 2.77. The SMILES string of the molecule is CC1=CP(=O)(OCC(C)(C)C)[C@H]2[C@@H]1[C@@H]1OP(=O)(OCC(C)(C)C)[C@H]2C=C1C. The molecule has 2 bridgehead atoms. The van der Waals surface area contributed by atoms with Gasteiger partial charge < -0.3 is 9.05 Å². The van der Waals surface area contributed by atoms with Gasteiger partial charge in [0.2, 0.25) is 7.37 Å². The third kappa shape index (κ3) is 4.09. The molecule has 5 nitrogen and oxygen atoms in total. The second-order valence-corrected chi connectivity index (χ2v) is 15.2. The van der Waals surface area contributed by atoms with Gasteiger partial charge in [-0.1, -0.05) is 53.2 Å². The first-order chi connectivity index (χ1) is 12.2. The Morgan fingerprint density at radius 3 is 2.07 bits per heavy atom. The van der Waals surface area contributed by atoms with Crippen molar-refractivity contribution in [2.24, 2.45) is 16.7 Å². The van der Waals surface area contributed by atoms with E-state index in [0.29, 0.717) is 13.2 Å². The molecule has 27 heavy (non-hydrogen) atoms. The number of fused-ring (bicyclic) bond motifs is 1. The predicted octanol–water partition coefficient (Wildman–Crippen LogP) is 6.21. The Bertz CT molecular complexity index is 768. The van der Waals surface area contributed by atoms with E-state index in [9.17, 15) is 9.13 Å². The smallest absolute Gasteiger partial charge is 0.325 e. The molecule has 4 rings (SSSR count). The largest absolute Gasteiger partial charge is 0.338 e. The average molecular weight is 416 g/mol. The maximum Gasteiger partial charge on any atom is 0.338 e. The van der Waals surface area contributed by atoms with E-state index in [1.54, 1.807) is 5.82 Å². The summed E-state index contributed by atoms with van der Waals surface area (Å²) in [5.41, 5.74) is 0.958. The molecular formula is C20H34O5P2. The van der Waals surface area contributed by atoms with Crippen molar-refractivity contribution in [3.8, 4) is 0 Å². The van der Waals surface area contributed by atoms with Crippen molar-refractivity contribution in [1.82, 2.24) is 0 Å². The van der Waals surface area contributed by atoms with E-state index in [2.05, 4.69) is 20.8 Å². The molecule has 1 saturated heterocycles. The van der Waals surface area contributed by atoms with Gasteiger partial charge in [-0.3, -0.25) is 13.7 Å². The van der Waals surface area contributed by atoms with Crippen molar-refractivity contribution >= 4 is 15.0 Å². The maximum absolute atomic E-state index is 13.9. The molecule has 2 unspecified atom stereocenters. The molecule has 7 heteroatoms. The molecule has 3 heterocycles. The second-order valence-electron chi connectivity index (χ2n) is 10.7. The standard InChI is InChI=1S/C20H34O5P2/c1-13-9-15-18-16(14(2)10-26(18,21)23-11-19(3,4)5)17(13)25-27(15,22)24-12-20(6,7)8/h9-10,15-18H,11-12H2,1-8H3/t15-,16-,17+,18+,26?,27?/m0/s1. The first-order valence-corrected chi connectivity index (χ1v) is 13.1. The van der Waals surface area contributed by atoms with Crippen molar-refractivity contribution in [2.45, 2.75) is 72.8 Å². The van der Waals surface area contributed by atoms with Crippen molar-refractivity contribution < 1.29 is 22.7 Å². The van der Waals surface area contributed by atoms with Gasteiger partial charge in [0.1, 0.15) is 0 Å². The van der Waals surface area contributed by atoms with Crippen LogP contribution in [-0.4, -0.2) is 30.6 Å². The lowest BCUT2D eigenvalue weighted by molar-refractivity contribution is 0.0803. The summed E-state index contributed by atoms with van der Waals surface area (Å²) in [6, 6.07) is 0. The van der Waals surface area contributed by atoms with Gasteiger partial charge in [-0.2, -0.15) is 0 Å². The highest BCUT2D eigenvalue weighted by Gasteiger charge is 2.64. The van der Waals surface area contributed by atoms with E-state index in [1.165, 1.54) is 0 Å². The van der Waals surface area contributed by atoms with E-state index in [1.807, 2.05) is 40.7 Å². The minimum atomic E-state index is -3.41. The Hall–Kier alpha value is -0.180. The Kier molecular flexibility index (Phi) is 5.32. The molecule has 0 amide bonds. The molecule has 4 aliphatic rings. The summed E-state index contributed by atoms with van der Waals surface area (Å²) in [5, 5.41) is 0. The third-order valence-electron chi connectivity index (χ3n) is 5.25. The van der Waals surface area contributed by atoms with Crippen LogP contribution in [0.15, 0.2) is 23.0 Å². The van der Waals surface area contributed by atoms with Crippen molar-refractivity contribution in [2.75, 3.05) is 13.2 Å². The first-order valence-electron chi connectivity index (χ1n) is 9.70. The lowest BCUT2D eigenvalue weighted by Gasteiger charge is -2.49. The summed E-state index contributed by atoms with van der Waals surface area (Å²) in [7, 11) is -6.52. The highest BCUT2D eigenvalue weighted by Crippen LogP contribution is 2.77. The van der Waals surface area contributed by atoms with Gasteiger partial charge in [0.15, 0.2) is 0 Å². The van der Waals surface area contributed by atoms with E-state index < -0.39 is 20.6 Å². The van der Waals surface area contributed by atoms with Crippen LogP contribution in [0.25, 0.3) is 0 Å². The molecule has 0 saturated carbocycles. The zero-order chi connectivity index (χ0) is 20.4. The number of hydrogen-bond acceptors (Lipinski definition) is 5. The van der Waals surface area contributed by atoms with Crippen LogP contribution in [0.4, 0.5) is 0 Å². The molecule has 0 N–H and O–H groups in total. The van der Waals surface area contributed by atoms with Gasteiger partial charge in [-0.25, -0.2) is 0 Å². The minimum absolute atomic E-state index is 0.0499. The van der Waals surface area contributed by atoms with Gasteiger partial charge in [0.25, 0.3) is 0 Å². The molecule has 154 valence electrons. The fourth-order valence-corrected chi connectivity index (χ4v) is 10.7. The van der Waals surface area contributed by atoms with Crippen molar-refractivity contribution in [1.29, 1.82) is 0 Å². The van der Waals surface area contributed by atoms with E-state index >= 15 is 0 Å². The van der Waals surface area contributed by atoms with Crippen LogP contribution < -0.4 is 0 Å². The minimum Gasteiger partial charge on any atom is -0.325 e. The number of rotatable bonds is 4. The lowest BCUT2D eigenvalue weighted by atomic mass is 9.82. The molecule has 6 atom stereocenters. The van der Waals surface area contributed by atoms with E-state index in [0.717, 1.165) is 11.1 Å². The van der Waals surface area contributed by atoms with Gasteiger partial charge in [-0.05, 0) is 30.3 Å². The molecule has 0 spiro atoms. The summed E-state index contributed by atoms with van der Waals surface area (Å²) < 4.78 is 45.5. The Morgan fingerprint density at radius 1 is 0.963 bits per heavy atom. The quantitative estimate of drug-likeness (QED) is 0.403. The predicted molar refractivity (Wildman–Crippen MR) is 109 cm³/mol. The van der Waals surface area contributed by atoms with E-state index in [4.69, 9.17) is 13.6 Å². The van der Waals surface area contributed by atoms with Crippen molar-refractivity contribution in [3.63, 3.8) is 0 Å². The summed E-state index contributed by atoms with van der Waals surface area (Å²) in [5.74, 6) is 1.75. The van der Waals surface area contributed by atoms with Crippen molar-refractivity contribution in [3.05, 3.63) is 23.0 Å². The normalized spacial score (nSPS) is 41.3. The van der Waals surface area contributed by atoms with Crippen LogP contribution in [0.3, 0.4) is 0 Å². The Labute approximate surface area is 163 Å². The summed E-state index contributed by atoms with van der Waals surface area (Å²) in [6.45, 7) is 17.0. The second kappa shape index (κ2) is 6.67. The van der Waals surface area contributed by atoms with Crippen LogP contribution in [0, 0.1) is 16.7 Å². The molecule has 0 aromatic carbocycles. The monoisotopic (exact) mass is 416 g/mol. The zero-order valence-electron chi connectivity index (χ0n) is 17.8. The molecule has 0 aromatic rings. The maximum atomic E-state index is 13.9. The fraction of sp³-hybridized carbons (Fsp3) is 0.800. The molecule has 1 aliphatic carbocycles. The molecule has 0 radical (unpaired) electrons. The highest BCUT2D eigenvalue weighted by atomic mass is 31.2. The topological polar surface area (TPSA) is 61.8 Å². The molecular weight excluding hydrogens is 382 g/mol. The lowest BCUT2D eigenvalue weighted by Crippen LogP contribution is -2.49. The first kappa shape index (κ1) is 21.5. The van der Waals surface area contributed by atoms with Gasteiger partial charge >= 0.3 is 7.60 Å².